The Morgan fingerprint density at radius 3 is 2.40 bits per heavy atom. The van der Waals surface area contributed by atoms with E-state index in [0.29, 0.717) is 27.0 Å². The van der Waals surface area contributed by atoms with Crippen LogP contribution in [0.5, 0.6) is 11.5 Å². The second-order valence-electron chi connectivity index (χ2n) is 6.21. The Kier molecular flexibility index (Phi) is 6.63. The molecule has 0 amide bonds. The van der Waals surface area contributed by atoms with Crippen LogP contribution in [0.1, 0.15) is 0 Å². The van der Waals surface area contributed by atoms with Gasteiger partial charge in [-0.2, -0.15) is 0 Å². The number of carbonyl (C=O) groups is 2. The molecule has 0 fully saturated rings. The third-order valence-corrected chi connectivity index (χ3v) is 5.23. The van der Waals surface area contributed by atoms with Crippen LogP contribution < -0.4 is 9.64 Å². The highest BCUT2D eigenvalue weighted by Crippen LogP contribution is 2.47. The van der Waals surface area contributed by atoms with Gasteiger partial charge in [-0.15, -0.1) is 0 Å². The molecule has 158 valence electrons. The van der Waals surface area contributed by atoms with Gasteiger partial charge >= 0.3 is 11.9 Å². The molecule has 1 aliphatic rings. The smallest absolute Gasteiger partial charge is 0.355 e. The van der Waals surface area contributed by atoms with E-state index < -0.39 is 11.9 Å². The molecule has 0 aliphatic carbocycles. The largest absolute Gasteiger partial charge is 0.507 e. The molecule has 0 atom stereocenters. The minimum Gasteiger partial charge on any atom is -0.507 e. The van der Waals surface area contributed by atoms with Crippen molar-refractivity contribution in [3.8, 4) is 22.6 Å². The number of esters is 2. The van der Waals surface area contributed by atoms with Crippen LogP contribution in [-0.2, 0) is 23.8 Å². The summed E-state index contributed by atoms with van der Waals surface area (Å²) in [6, 6.07) is 10.2. The van der Waals surface area contributed by atoms with Crippen molar-refractivity contribution in [2.75, 3.05) is 39.6 Å². The number of anilines is 1. The SMILES string of the molecule is COC(=O)C1=C(C(=O)OC)N(c2c(Br)ccc(OC)c2-c2ccccc2O)COC1. The molecule has 2 aromatic rings. The first kappa shape index (κ1) is 21.7. The zero-order valence-electron chi connectivity index (χ0n) is 16.6. The normalized spacial score (nSPS) is 13.8. The first-order valence-corrected chi connectivity index (χ1v) is 9.63. The molecule has 0 saturated carbocycles. The Bertz CT molecular complexity index is 1020. The van der Waals surface area contributed by atoms with Gasteiger partial charge in [0.25, 0.3) is 0 Å². The number of para-hydroxylation sites is 1. The number of hydrogen-bond acceptors (Lipinski definition) is 8. The van der Waals surface area contributed by atoms with Gasteiger partial charge in [-0.05, 0) is 34.1 Å². The maximum atomic E-state index is 12.7. The molecular weight excluding hydrogens is 458 g/mol. The monoisotopic (exact) mass is 477 g/mol. The lowest BCUT2D eigenvalue weighted by Crippen LogP contribution is -2.39. The van der Waals surface area contributed by atoms with E-state index in [-0.39, 0.29) is 30.4 Å². The molecule has 0 radical (unpaired) electrons. The summed E-state index contributed by atoms with van der Waals surface area (Å²) >= 11 is 3.52. The van der Waals surface area contributed by atoms with E-state index in [2.05, 4.69) is 15.9 Å². The Balaban J connectivity index is 2.35. The van der Waals surface area contributed by atoms with Gasteiger partial charge in [-0.25, -0.2) is 9.59 Å². The Morgan fingerprint density at radius 1 is 1.07 bits per heavy atom. The summed E-state index contributed by atoms with van der Waals surface area (Å²) in [5, 5.41) is 10.5. The van der Waals surface area contributed by atoms with Crippen molar-refractivity contribution in [2.45, 2.75) is 0 Å². The van der Waals surface area contributed by atoms with Crippen molar-refractivity contribution in [1.82, 2.24) is 0 Å². The average Bonchev–Trinajstić information content (AvgIpc) is 2.77. The fourth-order valence-corrected chi connectivity index (χ4v) is 3.79. The predicted octanol–water partition coefficient (Wildman–Crippen LogP) is 3.22. The number of ether oxygens (including phenoxy) is 4. The van der Waals surface area contributed by atoms with E-state index in [1.165, 1.54) is 26.2 Å². The van der Waals surface area contributed by atoms with Gasteiger partial charge in [-0.3, -0.25) is 0 Å². The number of carbonyl (C=O) groups excluding carboxylic acids is 2. The molecule has 3 rings (SSSR count). The second kappa shape index (κ2) is 9.19. The van der Waals surface area contributed by atoms with Crippen LogP contribution in [0.15, 0.2) is 52.1 Å². The Hall–Kier alpha value is -3.04. The zero-order valence-corrected chi connectivity index (χ0v) is 18.2. The fourth-order valence-electron chi connectivity index (χ4n) is 3.25. The molecule has 9 heteroatoms. The minimum atomic E-state index is -0.725. The quantitative estimate of drug-likeness (QED) is 0.655. The molecule has 1 N–H and O–H groups in total. The molecule has 1 aliphatic heterocycles. The summed E-state index contributed by atoms with van der Waals surface area (Å²) in [6.07, 6.45) is 0. The first-order valence-electron chi connectivity index (χ1n) is 8.84. The van der Waals surface area contributed by atoms with Gasteiger partial charge in [0.1, 0.15) is 23.9 Å². The minimum absolute atomic E-state index is 0.0128. The molecule has 1 heterocycles. The maximum Gasteiger partial charge on any atom is 0.355 e. The van der Waals surface area contributed by atoms with Crippen molar-refractivity contribution in [3.63, 3.8) is 0 Å². The van der Waals surface area contributed by atoms with Gasteiger partial charge < -0.3 is 29.0 Å². The highest BCUT2D eigenvalue weighted by atomic mass is 79.9. The van der Waals surface area contributed by atoms with Crippen LogP contribution in [0.2, 0.25) is 0 Å². The number of aromatic hydroxyl groups is 1. The lowest BCUT2D eigenvalue weighted by atomic mass is 9.99. The molecule has 0 spiro atoms. The van der Waals surface area contributed by atoms with Crippen LogP contribution >= 0.6 is 15.9 Å². The molecule has 0 bridgehead atoms. The van der Waals surface area contributed by atoms with E-state index >= 15 is 0 Å². The van der Waals surface area contributed by atoms with Gasteiger partial charge in [0.15, 0.2) is 0 Å². The first-order chi connectivity index (χ1) is 14.4. The van der Waals surface area contributed by atoms with E-state index in [1.54, 1.807) is 36.4 Å². The summed E-state index contributed by atoms with van der Waals surface area (Å²) in [5.41, 5.74) is 1.44. The third kappa shape index (κ3) is 3.86. The number of phenols is 1. The lowest BCUT2D eigenvalue weighted by molar-refractivity contribution is -0.140. The molecule has 0 unspecified atom stereocenters. The summed E-state index contributed by atoms with van der Waals surface area (Å²) in [6.45, 7) is -0.154. The van der Waals surface area contributed by atoms with E-state index in [4.69, 9.17) is 18.9 Å². The van der Waals surface area contributed by atoms with E-state index in [9.17, 15) is 14.7 Å². The number of rotatable bonds is 5. The molecular formula is C21H20BrNO7. The van der Waals surface area contributed by atoms with Crippen LogP contribution in [-0.4, -0.2) is 51.7 Å². The van der Waals surface area contributed by atoms with Crippen LogP contribution in [0.4, 0.5) is 5.69 Å². The number of nitrogens with zero attached hydrogens (tertiary/aromatic N) is 1. The number of methoxy groups -OCH3 is 3. The van der Waals surface area contributed by atoms with Crippen molar-refractivity contribution in [1.29, 1.82) is 0 Å². The molecule has 2 aromatic carbocycles. The molecule has 8 nitrogen and oxygen atoms in total. The third-order valence-electron chi connectivity index (χ3n) is 4.59. The standard InChI is InChI=1S/C21H20BrNO7/c1-27-16-9-8-14(22)19(17(16)12-6-4-5-7-15(12)24)23-11-30-10-13(20(25)28-2)18(23)21(26)29-3/h4-9,24H,10-11H2,1-3H3. The van der Waals surface area contributed by atoms with E-state index in [1.807, 2.05) is 0 Å². The van der Waals surface area contributed by atoms with Crippen LogP contribution in [0.25, 0.3) is 11.1 Å². The highest BCUT2D eigenvalue weighted by Gasteiger charge is 2.35. The number of halogens is 1. The van der Waals surface area contributed by atoms with Crippen molar-refractivity contribution in [3.05, 3.63) is 52.1 Å². The van der Waals surface area contributed by atoms with Crippen LogP contribution in [0.3, 0.4) is 0 Å². The second-order valence-corrected chi connectivity index (χ2v) is 7.06. The predicted molar refractivity (Wildman–Crippen MR) is 112 cm³/mol. The Labute approximate surface area is 181 Å². The Morgan fingerprint density at radius 2 is 1.77 bits per heavy atom. The average molecular weight is 478 g/mol. The van der Waals surface area contributed by atoms with Crippen LogP contribution in [0, 0.1) is 0 Å². The number of hydrogen-bond donors (Lipinski definition) is 1. The van der Waals surface area contributed by atoms with Crippen molar-refractivity contribution < 1.29 is 33.6 Å². The molecule has 0 aromatic heterocycles. The molecule has 30 heavy (non-hydrogen) atoms. The van der Waals surface area contributed by atoms with Gasteiger partial charge in [0.05, 0.1) is 44.8 Å². The van der Waals surface area contributed by atoms with Gasteiger partial charge in [0, 0.05) is 10.0 Å². The summed E-state index contributed by atoms with van der Waals surface area (Å²) in [7, 11) is 3.95. The lowest BCUT2D eigenvalue weighted by Gasteiger charge is -2.33. The molecule has 0 saturated heterocycles. The maximum absolute atomic E-state index is 12.7. The summed E-state index contributed by atoms with van der Waals surface area (Å²) in [4.78, 5) is 26.5. The van der Waals surface area contributed by atoms with Crippen molar-refractivity contribution >= 4 is 33.6 Å². The number of benzene rings is 2. The van der Waals surface area contributed by atoms with Crippen molar-refractivity contribution in [2.24, 2.45) is 0 Å². The number of phenolic OH excluding ortho intramolecular Hbond substituents is 1. The highest BCUT2D eigenvalue weighted by molar-refractivity contribution is 9.10. The zero-order chi connectivity index (χ0) is 21.8. The van der Waals surface area contributed by atoms with Gasteiger partial charge in [-0.1, -0.05) is 18.2 Å². The fraction of sp³-hybridized carbons (Fsp3) is 0.238. The van der Waals surface area contributed by atoms with E-state index in [0.717, 1.165) is 0 Å². The van der Waals surface area contributed by atoms with Gasteiger partial charge in [0.2, 0.25) is 0 Å². The summed E-state index contributed by atoms with van der Waals surface area (Å²) in [5.74, 6) is -0.964. The summed E-state index contributed by atoms with van der Waals surface area (Å²) < 4.78 is 21.5. The topological polar surface area (TPSA) is 94.5 Å².